The zero-order chi connectivity index (χ0) is 6.97. The molecule has 0 aromatic heterocycles. The summed E-state index contributed by atoms with van der Waals surface area (Å²) in [6, 6.07) is 0.421. The monoisotopic (exact) mass is 158 g/mol. The van der Waals surface area contributed by atoms with Crippen LogP contribution in [0.2, 0.25) is 0 Å². The van der Waals surface area contributed by atoms with Gasteiger partial charge in [-0.15, -0.1) is 0 Å². The van der Waals surface area contributed by atoms with E-state index in [1.165, 1.54) is 0 Å². The van der Waals surface area contributed by atoms with Crippen molar-refractivity contribution in [3.8, 4) is 0 Å². The Labute approximate surface area is 64.0 Å². The Morgan fingerprint density at radius 1 is 1.70 bits per heavy atom. The SMILES string of the molecule is NC1NC2CC=COC2S1. The number of hydrogen-bond donors (Lipinski definition) is 2. The predicted molar refractivity (Wildman–Crippen MR) is 41.1 cm³/mol. The predicted octanol–water partition coefficient (Wildman–Crippen LogP) is 0.194. The van der Waals surface area contributed by atoms with Crippen molar-refractivity contribution in [3.05, 3.63) is 12.3 Å². The van der Waals surface area contributed by atoms with E-state index in [1.807, 2.05) is 6.08 Å². The van der Waals surface area contributed by atoms with Gasteiger partial charge in [-0.1, -0.05) is 11.8 Å². The molecule has 10 heavy (non-hydrogen) atoms. The van der Waals surface area contributed by atoms with Crippen molar-refractivity contribution < 1.29 is 4.74 Å². The molecule has 0 aromatic carbocycles. The van der Waals surface area contributed by atoms with E-state index in [9.17, 15) is 0 Å². The van der Waals surface area contributed by atoms with E-state index in [1.54, 1.807) is 18.0 Å². The summed E-state index contributed by atoms with van der Waals surface area (Å²) >= 11 is 1.64. The summed E-state index contributed by atoms with van der Waals surface area (Å²) in [7, 11) is 0. The molecule has 1 fully saturated rings. The van der Waals surface area contributed by atoms with Gasteiger partial charge in [-0.25, -0.2) is 0 Å². The molecule has 0 bridgehead atoms. The van der Waals surface area contributed by atoms with E-state index < -0.39 is 0 Å². The van der Waals surface area contributed by atoms with Gasteiger partial charge in [0.15, 0.2) is 5.44 Å². The van der Waals surface area contributed by atoms with Crippen molar-refractivity contribution in [2.45, 2.75) is 23.4 Å². The number of hydrogen-bond acceptors (Lipinski definition) is 4. The number of thioether (sulfide) groups is 1. The average molecular weight is 158 g/mol. The van der Waals surface area contributed by atoms with Gasteiger partial charge in [0.1, 0.15) is 5.50 Å². The van der Waals surface area contributed by atoms with Crippen LogP contribution in [0.25, 0.3) is 0 Å². The van der Waals surface area contributed by atoms with Crippen LogP contribution >= 0.6 is 11.8 Å². The third kappa shape index (κ3) is 1.02. The fraction of sp³-hybridized carbons (Fsp3) is 0.667. The zero-order valence-corrected chi connectivity index (χ0v) is 6.30. The minimum absolute atomic E-state index is 0.0508. The summed E-state index contributed by atoms with van der Waals surface area (Å²) in [5.74, 6) is 0. The van der Waals surface area contributed by atoms with Crippen LogP contribution in [0.3, 0.4) is 0 Å². The summed E-state index contributed by atoms with van der Waals surface area (Å²) in [6.07, 6.45) is 4.81. The fourth-order valence-electron chi connectivity index (χ4n) is 1.21. The second-order valence-electron chi connectivity index (χ2n) is 2.44. The molecule has 0 spiro atoms. The van der Waals surface area contributed by atoms with Crippen molar-refractivity contribution in [3.63, 3.8) is 0 Å². The zero-order valence-electron chi connectivity index (χ0n) is 5.49. The molecule has 3 N–H and O–H groups in total. The summed E-state index contributed by atoms with van der Waals surface area (Å²) in [5, 5.41) is 3.22. The Balaban J connectivity index is 2.05. The van der Waals surface area contributed by atoms with Gasteiger partial charge < -0.3 is 10.5 Å². The standard InChI is InChI=1S/C6H10N2OS/c7-6-8-4-2-1-3-9-5(4)10-6/h1,3-6,8H,2,7H2. The Kier molecular flexibility index (Phi) is 1.60. The van der Waals surface area contributed by atoms with E-state index >= 15 is 0 Å². The summed E-state index contributed by atoms with van der Waals surface area (Å²) < 4.78 is 5.31. The number of ether oxygens (including phenoxy) is 1. The van der Waals surface area contributed by atoms with Gasteiger partial charge in [0.25, 0.3) is 0 Å². The molecule has 3 atom stereocenters. The first-order valence-electron chi connectivity index (χ1n) is 3.34. The molecule has 2 aliphatic rings. The Morgan fingerprint density at radius 3 is 3.40 bits per heavy atom. The van der Waals surface area contributed by atoms with E-state index in [-0.39, 0.29) is 10.9 Å². The van der Waals surface area contributed by atoms with Crippen molar-refractivity contribution in [2.75, 3.05) is 0 Å². The molecule has 0 aliphatic carbocycles. The van der Waals surface area contributed by atoms with Gasteiger partial charge in [-0.3, -0.25) is 5.32 Å². The maximum absolute atomic E-state index is 5.64. The normalized spacial score (nSPS) is 44.7. The molecule has 2 rings (SSSR count). The smallest absolute Gasteiger partial charge is 0.161 e. The van der Waals surface area contributed by atoms with E-state index in [2.05, 4.69) is 5.32 Å². The van der Waals surface area contributed by atoms with Crippen LogP contribution in [-0.2, 0) is 4.74 Å². The Hall–Kier alpha value is -0.190. The van der Waals surface area contributed by atoms with E-state index in [0.29, 0.717) is 6.04 Å². The quantitative estimate of drug-likeness (QED) is 0.528. The van der Waals surface area contributed by atoms with E-state index in [0.717, 1.165) is 6.42 Å². The molecule has 3 nitrogen and oxygen atoms in total. The lowest BCUT2D eigenvalue weighted by molar-refractivity contribution is 0.174. The summed E-state index contributed by atoms with van der Waals surface area (Å²) in [6.45, 7) is 0. The van der Waals surface area contributed by atoms with Crippen LogP contribution in [0.4, 0.5) is 0 Å². The van der Waals surface area contributed by atoms with Crippen molar-refractivity contribution in [1.29, 1.82) is 0 Å². The van der Waals surface area contributed by atoms with E-state index in [4.69, 9.17) is 10.5 Å². The molecule has 0 amide bonds. The molecule has 2 aliphatic heterocycles. The van der Waals surface area contributed by atoms with Crippen molar-refractivity contribution >= 4 is 11.8 Å². The molecule has 56 valence electrons. The summed E-state index contributed by atoms with van der Waals surface area (Å²) in [5.41, 5.74) is 5.93. The molecular weight excluding hydrogens is 148 g/mol. The molecule has 3 unspecified atom stereocenters. The fourth-order valence-corrected chi connectivity index (χ4v) is 2.26. The highest BCUT2D eigenvalue weighted by Gasteiger charge is 2.33. The van der Waals surface area contributed by atoms with Gasteiger partial charge in [-0.05, 0) is 12.5 Å². The highest BCUT2D eigenvalue weighted by molar-refractivity contribution is 8.00. The van der Waals surface area contributed by atoms with Gasteiger partial charge in [-0.2, -0.15) is 0 Å². The lowest BCUT2D eigenvalue weighted by atomic mass is 10.2. The topological polar surface area (TPSA) is 47.3 Å². The number of nitrogens with two attached hydrogens (primary N) is 1. The highest BCUT2D eigenvalue weighted by atomic mass is 32.2. The maximum Gasteiger partial charge on any atom is 0.161 e. The minimum Gasteiger partial charge on any atom is -0.486 e. The van der Waals surface area contributed by atoms with Crippen LogP contribution in [0.5, 0.6) is 0 Å². The minimum atomic E-state index is 0.0508. The van der Waals surface area contributed by atoms with Gasteiger partial charge in [0.2, 0.25) is 0 Å². The van der Waals surface area contributed by atoms with Gasteiger partial charge in [0.05, 0.1) is 12.3 Å². The second-order valence-corrected chi connectivity index (χ2v) is 3.69. The molecule has 0 radical (unpaired) electrons. The highest BCUT2D eigenvalue weighted by Crippen LogP contribution is 2.29. The molecule has 2 heterocycles. The van der Waals surface area contributed by atoms with Crippen molar-refractivity contribution in [1.82, 2.24) is 5.32 Å². The lowest BCUT2D eigenvalue weighted by Crippen LogP contribution is -2.37. The molecule has 4 heteroatoms. The van der Waals surface area contributed by atoms with Gasteiger partial charge in [0, 0.05) is 0 Å². The first-order valence-corrected chi connectivity index (χ1v) is 4.28. The molecule has 0 aromatic rings. The first kappa shape index (κ1) is 6.52. The molecule has 0 saturated carbocycles. The third-order valence-electron chi connectivity index (χ3n) is 1.69. The lowest BCUT2D eigenvalue weighted by Gasteiger charge is -2.19. The van der Waals surface area contributed by atoms with Crippen LogP contribution < -0.4 is 11.1 Å². The van der Waals surface area contributed by atoms with Crippen molar-refractivity contribution in [2.24, 2.45) is 5.73 Å². The van der Waals surface area contributed by atoms with Gasteiger partial charge >= 0.3 is 0 Å². The molecule has 1 saturated heterocycles. The Bertz CT molecular complexity index is 146. The second kappa shape index (κ2) is 2.45. The van der Waals surface area contributed by atoms with Crippen LogP contribution in [0.1, 0.15) is 6.42 Å². The molecular formula is C6H10N2OS. The summed E-state index contributed by atoms with van der Waals surface area (Å²) in [4.78, 5) is 0. The van der Waals surface area contributed by atoms with Crippen LogP contribution in [0.15, 0.2) is 12.3 Å². The number of fused-ring (bicyclic) bond motifs is 1. The van der Waals surface area contributed by atoms with Crippen LogP contribution in [-0.4, -0.2) is 17.0 Å². The largest absolute Gasteiger partial charge is 0.486 e. The number of rotatable bonds is 0. The van der Waals surface area contributed by atoms with Crippen LogP contribution in [0, 0.1) is 0 Å². The number of nitrogens with one attached hydrogen (secondary N) is 1. The Morgan fingerprint density at radius 2 is 2.60 bits per heavy atom. The first-order chi connectivity index (χ1) is 4.86. The third-order valence-corrected chi connectivity index (χ3v) is 2.82. The maximum atomic E-state index is 5.64. The average Bonchev–Trinajstić information content (AvgIpc) is 2.27.